The van der Waals surface area contributed by atoms with Gasteiger partial charge >= 0.3 is 0 Å². The highest BCUT2D eigenvalue weighted by molar-refractivity contribution is 6.36. The number of pyridine rings is 1. The molecule has 0 unspecified atom stereocenters. The minimum absolute atomic E-state index is 0.222. The zero-order chi connectivity index (χ0) is 14.8. The van der Waals surface area contributed by atoms with Crippen molar-refractivity contribution in [3.05, 3.63) is 75.9 Å². The Balaban J connectivity index is 1.91. The van der Waals surface area contributed by atoms with Gasteiger partial charge in [-0.2, -0.15) is 0 Å². The van der Waals surface area contributed by atoms with Crippen LogP contribution in [-0.2, 0) is 6.42 Å². The molecule has 3 heteroatoms. The van der Waals surface area contributed by atoms with Gasteiger partial charge in [-0.1, -0.05) is 60.5 Å². The molecule has 0 saturated heterocycles. The number of hydrogen-bond donors (Lipinski definition) is 0. The fraction of sp³-hybridized carbons (Fsp3) is 0.167. The Labute approximate surface area is 134 Å². The SMILES string of the molecule is C[C@H](Cc1ccc2ccccc2n1)c1c(Cl)cccc1Cl. The molecule has 0 aliphatic heterocycles. The van der Waals surface area contributed by atoms with Crippen LogP contribution in [0.2, 0.25) is 10.0 Å². The van der Waals surface area contributed by atoms with E-state index in [1.165, 1.54) is 0 Å². The average molecular weight is 316 g/mol. The lowest BCUT2D eigenvalue weighted by Crippen LogP contribution is -2.02. The summed E-state index contributed by atoms with van der Waals surface area (Å²) in [4.78, 5) is 4.71. The van der Waals surface area contributed by atoms with Gasteiger partial charge in [-0.05, 0) is 42.2 Å². The molecule has 0 amide bonds. The number of aromatic nitrogens is 1. The highest BCUT2D eigenvalue weighted by atomic mass is 35.5. The van der Waals surface area contributed by atoms with Crippen molar-refractivity contribution in [2.24, 2.45) is 0 Å². The summed E-state index contributed by atoms with van der Waals surface area (Å²) in [5.74, 6) is 0.222. The summed E-state index contributed by atoms with van der Waals surface area (Å²) >= 11 is 12.6. The Morgan fingerprint density at radius 2 is 1.62 bits per heavy atom. The molecule has 0 radical (unpaired) electrons. The first-order valence-electron chi connectivity index (χ1n) is 6.94. The lowest BCUT2D eigenvalue weighted by molar-refractivity contribution is 0.744. The molecule has 0 aliphatic rings. The van der Waals surface area contributed by atoms with Crippen LogP contribution in [0.25, 0.3) is 10.9 Å². The molecular formula is C18H15Cl2N. The van der Waals surface area contributed by atoms with Gasteiger partial charge in [0.25, 0.3) is 0 Å². The number of nitrogens with zero attached hydrogens (tertiary/aromatic N) is 1. The van der Waals surface area contributed by atoms with Crippen LogP contribution < -0.4 is 0 Å². The van der Waals surface area contributed by atoms with Crippen molar-refractivity contribution in [3.8, 4) is 0 Å². The van der Waals surface area contributed by atoms with Gasteiger partial charge in [-0.25, -0.2) is 0 Å². The maximum Gasteiger partial charge on any atom is 0.0705 e. The van der Waals surface area contributed by atoms with Gasteiger partial charge in [0.15, 0.2) is 0 Å². The topological polar surface area (TPSA) is 12.9 Å². The molecule has 2 aromatic carbocycles. The molecule has 0 aliphatic carbocycles. The van der Waals surface area contributed by atoms with Crippen LogP contribution in [0.5, 0.6) is 0 Å². The summed E-state index contributed by atoms with van der Waals surface area (Å²) in [6.07, 6.45) is 0.814. The molecule has 0 N–H and O–H groups in total. The quantitative estimate of drug-likeness (QED) is 0.587. The van der Waals surface area contributed by atoms with Gasteiger partial charge < -0.3 is 0 Å². The van der Waals surface area contributed by atoms with Gasteiger partial charge in [0.1, 0.15) is 0 Å². The van der Waals surface area contributed by atoms with E-state index in [1.54, 1.807) is 0 Å². The van der Waals surface area contributed by atoms with Crippen molar-refractivity contribution in [2.45, 2.75) is 19.3 Å². The zero-order valence-electron chi connectivity index (χ0n) is 11.7. The van der Waals surface area contributed by atoms with E-state index in [9.17, 15) is 0 Å². The van der Waals surface area contributed by atoms with Gasteiger partial charge in [0.2, 0.25) is 0 Å². The highest BCUT2D eigenvalue weighted by Gasteiger charge is 2.14. The molecule has 1 nitrogen and oxygen atoms in total. The number of rotatable bonds is 3. The van der Waals surface area contributed by atoms with E-state index in [0.29, 0.717) is 0 Å². The third-order valence-electron chi connectivity index (χ3n) is 3.66. The van der Waals surface area contributed by atoms with E-state index >= 15 is 0 Å². The first-order chi connectivity index (χ1) is 10.1. The number of benzene rings is 2. The number of para-hydroxylation sites is 1. The van der Waals surface area contributed by atoms with Crippen molar-refractivity contribution in [1.29, 1.82) is 0 Å². The molecular weight excluding hydrogens is 301 g/mol. The Morgan fingerprint density at radius 1 is 0.905 bits per heavy atom. The molecule has 106 valence electrons. The molecule has 3 aromatic rings. The van der Waals surface area contributed by atoms with E-state index in [-0.39, 0.29) is 5.92 Å². The Morgan fingerprint density at radius 3 is 2.38 bits per heavy atom. The van der Waals surface area contributed by atoms with Crippen molar-refractivity contribution in [1.82, 2.24) is 4.98 Å². The maximum absolute atomic E-state index is 6.28. The predicted molar refractivity (Wildman–Crippen MR) is 90.3 cm³/mol. The van der Waals surface area contributed by atoms with E-state index in [2.05, 4.69) is 25.1 Å². The van der Waals surface area contributed by atoms with Gasteiger partial charge in [0.05, 0.1) is 5.52 Å². The summed E-state index contributed by atoms with van der Waals surface area (Å²) in [5, 5.41) is 2.59. The van der Waals surface area contributed by atoms with E-state index in [4.69, 9.17) is 28.2 Å². The van der Waals surface area contributed by atoms with Crippen LogP contribution in [0, 0.1) is 0 Å². The molecule has 0 saturated carbocycles. The first-order valence-corrected chi connectivity index (χ1v) is 7.69. The van der Waals surface area contributed by atoms with Crippen molar-refractivity contribution in [3.63, 3.8) is 0 Å². The normalized spacial score (nSPS) is 12.5. The lowest BCUT2D eigenvalue weighted by Gasteiger charge is -2.15. The van der Waals surface area contributed by atoms with Crippen LogP contribution in [-0.4, -0.2) is 4.98 Å². The second-order valence-corrected chi connectivity index (χ2v) is 6.05. The zero-order valence-corrected chi connectivity index (χ0v) is 13.2. The Bertz CT molecular complexity index is 763. The summed E-state index contributed by atoms with van der Waals surface area (Å²) in [6.45, 7) is 2.13. The largest absolute Gasteiger partial charge is 0.253 e. The van der Waals surface area contributed by atoms with Gasteiger partial charge in [-0.3, -0.25) is 4.98 Å². The summed E-state index contributed by atoms with van der Waals surface area (Å²) < 4.78 is 0. The average Bonchev–Trinajstić information content (AvgIpc) is 2.47. The molecule has 3 rings (SSSR count). The summed E-state index contributed by atoms with van der Waals surface area (Å²) in [5.41, 5.74) is 3.07. The predicted octanol–water partition coefficient (Wildman–Crippen LogP) is 5.89. The van der Waals surface area contributed by atoms with Crippen LogP contribution in [0.1, 0.15) is 24.1 Å². The number of hydrogen-bond acceptors (Lipinski definition) is 1. The summed E-state index contributed by atoms with van der Waals surface area (Å²) in [7, 11) is 0. The minimum atomic E-state index is 0.222. The molecule has 0 spiro atoms. The van der Waals surface area contributed by atoms with Gasteiger partial charge in [-0.15, -0.1) is 0 Å². The second kappa shape index (κ2) is 6.05. The Hall–Kier alpha value is -1.57. The smallest absolute Gasteiger partial charge is 0.0705 e. The maximum atomic E-state index is 6.28. The molecule has 1 aromatic heterocycles. The van der Waals surface area contributed by atoms with E-state index in [1.807, 2.05) is 36.4 Å². The van der Waals surface area contributed by atoms with Gasteiger partial charge in [0, 0.05) is 21.1 Å². The Kier molecular flexibility index (Phi) is 4.14. The second-order valence-electron chi connectivity index (χ2n) is 5.24. The van der Waals surface area contributed by atoms with Crippen molar-refractivity contribution in [2.75, 3.05) is 0 Å². The number of halogens is 2. The number of fused-ring (bicyclic) bond motifs is 1. The van der Waals surface area contributed by atoms with Crippen LogP contribution in [0.3, 0.4) is 0 Å². The standard InChI is InChI=1S/C18H15Cl2N/c1-12(18-15(19)6-4-7-16(18)20)11-14-10-9-13-5-2-3-8-17(13)21-14/h2-10,12H,11H2,1H3/t12-/m1/s1. The van der Waals surface area contributed by atoms with Crippen LogP contribution >= 0.6 is 23.2 Å². The fourth-order valence-electron chi connectivity index (χ4n) is 2.62. The highest BCUT2D eigenvalue weighted by Crippen LogP contribution is 2.33. The minimum Gasteiger partial charge on any atom is -0.253 e. The van der Waals surface area contributed by atoms with E-state index in [0.717, 1.165) is 38.6 Å². The molecule has 0 fully saturated rings. The molecule has 21 heavy (non-hydrogen) atoms. The lowest BCUT2D eigenvalue weighted by atomic mass is 9.95. The molecule has 1 atom stereocenters. The molecule has 0 bridgehead atoms. The monoisotopic (exact) mass is 315 g/mol. The van der Waals surface area contributed by atoms with Crippen LogP contribution in [0.4, 0.5) is 0 Å². The van der Waals surface area contributed by atoms with Crippen LogP contribution in [0.15, 0.2) is 54.6 Å². The first kappa shape index (κ1) is 14.4. The van der Waals surface area contributed by atoms with Crippen molar-refractivity contribution < 1.29 is 0 Å². The van der Waals surface area contributed by atoms with E-state index < -0.39 is 0 Å². The molecule has 1 heterocycles. The summed E-state index contributed by atoms with van der Waals surface area (Å²) in [6, 6.07) is 18.0. The van der Waals surface area contributed by atoms with Crippen molar-refractivity contribution >= 4 is 34.1 Å². The third kappa shape index (κ3) is 3.04. The fourth-order valence-corrected chi connectivity index (χ4v) is 3.39. The third-order valence-corrected chi connectivity index (χ3v) is 4.32.